The zero-order valence-corrected chi connectivity index (χ0v) is 44.9. The van der Waals surface area contributed by atoms with Gasteiger partial charge in [-0.1, -0.05) is 24.3 Å². The molecule has 10 aromatic carbocycles. The fourth-order valence-corrected chi connectivity index (χ4v) is 11.4. The molecule has 0 N–H and O–H groups in total. The van der Waals surface area contributed by atoms with E-state index >= 15 is 26.3 Å². The average molecular weight is 1150 g/mol. The summed E-state index contributed by atoms with van der Waals surface area (Å²) in [5, 5.41) is 92.9. The number of halogens is 6. The van der Waals surface area contributed by atoms with Crippen LogP contribution in [-0.4, -0.2) is 9.13 Å². The Bertz CT molecular complexity index is 5080. The number of nitriles is 9. The zero-order chi connectivity index (χ0) is 61.9. The molecule has 0 bridgehead atoms. The van der Waals surface area contributed by atoms with Crippen LogP contribution in [0.3, 0.4) is 0 Å². The first kappa shape index (κ1) is 55.3. The number of nitrogens with zero attached hydrogens (tertiary/aromatic N) is 11. The maximum absolute atomic E-state index is 15.1. The van der Waals surface area contributed by atoms with Gasteiger partial charge in [0, 0.05) is 27.1 Å². The molecule has 2 aromatic heterocycles. The van der Waals surface area contributed by atoms with Gasteiger partial charge in [0.25, 0.3) is 0 Å². The molecule has 12 rings (SSSR count). The van der Waals surface area contributed by atoms with Crippen molar-refractivity contribution in [1.82, 2.24) is 9.13 Å². The topological polar surface area (TPSA) is 224 Å². The summed E-state index contributed by atoms with van der Waals surface area (Å²) in [7, 11) is 0. The van der Waals surface area contributed by atoms with E-state index in [9.17, 15) is 47.4 Å². The predicted molar refractivity (Wildman–Crippen MR) is 315 cm³/mol. The molecule has 0 saturated heterocycles. The van der Waals surface area contributed by atoms with Crippen molar-refractivity contribution < 1.29 is 26.3 Å². The number of hydrogen-bond donors (Lipinski definition) is 0. The Morgan fingerprint density at radius 3 is 0.773 bits per heavy atom. The van der Waals surface area contributed by atoms with Gasteiger partial charge in [-0.25, -0.2) is 0 Å². The lowest BCUT2D eigenvalue weighted by atomic mass is 9.95. The summed E-state index contributed by atoms with van der Waals surface area (Å²) < 4.78 is 93.8. The van der Waals surface area contributed by atoms with Crippen LogP contribution in [0, 0.1) is 102 Å². The van der Waals surface area contributed by atoms with Crippen LogP contribution >= 0.6 is 0 Å². The second kappa shape index (κ2) is 21.2. The average Bonchev–Trinajstić information content (AvgIpc) is 1.73. The number of hydrogen-bond acceptors (Lipinski definition) is 9. The van der Waals surface area contributed by atoms with Crippen LogP contribution in [0.25, 0.3) is 111 Å². The van der Waals surface area contributed by atoms with E-state index in [4.69, 9.17) is 0 Å². The predicted octanol–water partition coefficient (Wildman–Crippen LogP) is 17.1. The largest absolute Gasteiger partial charge is 0.416 e. The summed E-state index contributed by atoms with van der Waals surface area (Å²) in [4.78, 5) is 0. The lowest BCUT2D eigenvalue weighted by Gasteiger charge is -2.21. The van der Waals surface area contributed by atoms with Gasteiger partial charge in [0.1, 0.15) is 6.07 Å². The van der Waals surface area contributed by atoms with Gasteiger partial charge in [0.15, 0.2) is 0 Å². The SMILES string of the molecule is N#Cc1cc(C#N)cc(-c2ccc3c(c2)c2cc(-c4cc(C#N)cc(C#N)c4)ccc2n3-c2cc(-c3cc(C(F)(F)F)cc(C(F)(F)F)c3)c(-n3c4ccc(-c5cc(C#N)cc(C#N)c5)cc4c4cc(-c5cc(C#N)cc(C#N)c5)ccc43)cc2C#N)c1. The van der Waals surface area contributed by atoms with Gasteiger partial charge in [-0.05, 0) is 202 Å². The molecular formula is C71H29F6N11. The Kier molecular flexibility index (Phi) is 13.3. The van der Waals surface area contributed by atoms with E-state index in [2.05, 4.69) is 54.6 Å². The number of benzene rings is 10. The minimum atomic E-state index is -5.29. The van der Waals surface area contributed by atoms with E-state index in [-0.39, 0.29) is 73.1 Å². The molecule has 410 valence electrons. The van der Waals surface area contributed by atoms with Crippen molar-refractivity contribution in [3.63, 3.8) is 0 Å². The molecule has 0 amide bonds. The van der Waals surface area contributed by atoms with Crippen LogP contribution in [0.1, 0.15) is 61.2 Å². The van der Waals surface area contributed by atoms with Gasteiger partial charge < -0.3 is 9.13 Å². The maximum atomic E-state index is 15.1. The second-order valence-electron chi connectivity index (χ2n) is 20.5. The molecule has 2 heterocycles. The molecule has 0 aliphatic rings. The van der Waals surface area contributed by atoms with Crippen molar-refractivity contribution in [3.05, 3.63) is 237 Å². The summed E-state index contributed by atoms with van der Waals surface area (Å²) in [5.74, 6) is 0. The van der Waals surface area contributed by atoms with Crippen LogP contribution in [-0.2, 0) is 12.4 Å². The number of alkyl halides is 6. The Morgan fingerprint density at radius 2 is 0.523 bits per heavy atom. The molecule has 0 atom stereocenters. The maximum Gasteiger partial charge on any atom is 0.416 e. The van der Waals surface area contributed by atoms with Crippen molar-refractivity contribution >= 4 is 43.6 Å². The van der Waals surface area contributed by atoms with E-state index in [0.29, 0.717) is 100 Å². The normalized spacial score (nSPS) is 11.2. The fraction of sp³-hybridized carbons (Fsp3) is 0.0282. The highest BCUT2D eigenvalue weighted by Crippen LogP contribution is 2.46. The van der Waals surface area contributed by atoms with Gasteiger partial charge in [-0.15, -0.1) is 0 Å². The number of rotatable bonds is 7. The van der Waals surface area contributed by atoms with Crippen LogP contribution in [0.5, 0.6) is 0 Å². The molecule has 12 aromatic rings. The molecule has 0 saturated carbocycles. The quantitative estimate of drug-likeness (QED) is 0.138. The third-order valence-corrected chi connectivity index (χ3v) is 15.2. The highest BCUT2D eigenvalue weighted by Gasteiger charge is 2.38. The van der Waals surface area contributed by atoms with Gasteiger partial charge in [0.2, 0.25) is 0 Å². The van der Waals surface area contributed by atoms with Crippen molar-refractivity contribution in [1.29, 1.82) is 47.4 Å². The van der Waals surface area contributed by atoms with Crippen molar-refractivity contribution in [2.45, 2.75) is 12.4 Å². The Hall–Kier alpha value is -13.2. The van der Waals surface area contributed by atoms with Crippen molar-refractivity contribution in [2.24, 2.45) is 0 Å². The summed E-state index contributed by atoms with van der Waals surface area (Å²) in [6.07, 6.45) is -10.6. The van der Waals surface area contributed by atoms with E-state index in [1.165, 1.54) is 36.4 Å². The summed E-state index contributed by atoms with van der Waals surface area (Å²) >= 11 is 0. The first-order chi connectivity index (χ1) is 42.4. The Morgan fingerprint density at radius 1 is 0.250 bits per heavy atom. The molecule has 0 unspecified atom stereocenters. The van der Waals surface area contributed by atoms with E-state index in [1.54, 1.807) is 130 Å². The van der Waals surface area contributed by atoms with Crippen LogP contribution in [0.15, 0.2) is 176 Å². The monoisotopic (exact) mass is 1150 g/mol. The van der Waals surface area contributed by atoms with Crippen molar-refractivity contribution in [3.8, 4) is 122 Å². The molecule has 11 nitrogen and oxygen atoms in total. The van der Waals surface area contributed by atoms with Crippen molar-refractivity contribution in [2.75, 3.05) is 0 Å². The van der Waals surface area contributed by atoms with Crippen LogP contribution < -0.4 is 0 Å². The molecule has 17 heteroatoms. The highest BCUT2D eigenvalue weighted by molar-refractivity contribution is 6.14. The van der Waals surface area contributed by atoms with Gasteiger partial charge in [0.05, 0.1) is 143 Å². The summed E-state index contributed by atoms with van der Waals surface area (Å²) in [6.45, 7) is 0. The summed E-state index contributed by atoms with van der Waals surface area (Å²) in [6, 6.07) is 61.7. The molecule has 0 radical (unpaired) electrons. The zero-order valence-electron chi connectivity index (χ0n) is 44.9. The fourth-order valence-electron chi connectivity index (χ4n) is 11.4. The molecule has 0 fully saturated rings. The van der Waals surface area contributed by atoms with Gasteiger partial charge in [-0.3, -0.25) is 0 Å². The minimum Gasteiger partial charge on any atom is -0.309 e. The lowest BCUT2D eigenvalue weighted by molar-refractivity contribution is -0.143. The number of fused-ring (bicyclic) bond motifs is 6. The second-order valence-corrected chi connectivity index (χ2v) is 20.5. The summed E-state index contributed by atoms with van der Waals surface area (Å²) in [5.41, 5.74) is 2.88. The van der Waals surface area contributed by atoms with Crippen LogP contribution in [0.2, 0.25) is 0 Å². The van der Waals surface area contributed by atoms with E-state index < -0.39 is 29.0 Å². The molecule has 0 aliphatic heterocycles. The third-order valence-electron chi connectivity index (χ3n) is 15.2. The van der Waals surface area contributed by atoms with Gasteiger partial charge >= 0.3 is 12.4 Å². The smallest absolute Gasteiger partial charge is 0.309 e. The molecular weight excluding hydrogens is 1120 g/mol. The first-order valence-electron chi connectivity index (χ1n) is 26.3. The van der Waals surface area contributed by atoms with Gasteiger partial charge in [-0.2, -0.15) is 73.7 Å². The Labute approximate surface area is 495 Å². The van der Waals surface area contributed by atoms with Crippen LogP contribution in [0.4, 0.5) is 26.3 Å². The first-order valence-corrected chi connectivity index (χ1v) is 26.3. The third kappa shape index (κ3) is 9.69. The molecule has 0 aliphatic carbocycles. The highest BCUT2D eigenvalue weighted by atomic mass is 19.4. The molecule has 0 spiro atoms. The number of aromatic nitrogens is 2. The lowest BCUT2D eigenvalue weighted by Crippen LogP contribution is -2.11. The molecule has 88 heavy (non-hydrogen) atoms. The van der Waals surface area contributed by atoms with E-state index in [1.807, 2.05) is 0 Å². The Balaban J connectivity index is 1.21. The minimum absolute atomic E-state index is 0.0193. The van der Waals surface area contributed by atoms with E-state index in [0.717, 1.165) is 0 Å². The standard InChI is InChI=1S/C71H29F6N11/c72-70(73,74)57-21-55(22-58(28-57)71(75,76)77)59-29-68(87-64-5-1-47(51-13-39(30-78)9-40(14-51)31-79)23-60(64)61-24-48(2-6-65(61)87)52-15-41(32-80)10-42(16-52)33-81)56(38-86)27-69(59)88-66-7-3-49(53-17-43(34-82)11-44(18-53)35-83)25-62(66)63-26-50(4-8-67(63)88)54-19-45(36-84)12-46(20-54)37-85/h1-29H.